The van der Waals surface area contributed by atoms with Gasteiger partial charge in [0.05, 0.1) is 0 Å². The summed E-state index contributed by atoms with van der Waals surface area (Å²) in [5.41, 5.74) is 0. The van der Waals surface area contributed by atoms with Crippen LogP contribution in [0.2, 0.25) is 0 Å². The molecule has 0 aliphatic rings. The first-order chi connectivity index (χ1) is 2.00. The smallest absolute Gasteiger partial charge is 1.00 e. The van der Waals surface area contributed by atoms with E-state index in [1.165, 1.54) is 0 Å². The van der Waals surface area contributed by atoms with E-state index in [0.717, 1.165) is 0 Å². The molecule has 0 atom stereocenters. The van der Waals surface area contributed by atoms with Crippen LogP contribution in [-0.2, 0) is 43.1 Å². The van der Waals surface area contributed by atoms with Gasteiger partial charge < -0.3 is 23.3 Å². The van der Waals surface area contributed by atoms with Gasteiger partial charge in [-0.05, 0) is 0 Å². The van der Waals surface area contributed by atoms with Gasteiger partial charge in [-0.15, -0.1) is 0 Å². The van der Waals surface area contributed by atoms with Gasteiger partial charge in [-0.25, -0.2) is 0 Å². The molecule has 0 spiro atoms. The van der Waals surface area contributed by atoms with Gasteiger partial charge in [0, 0.05) is 32.7 Å². The second-order valence-electron chi connectivity index (χ2n) is 0.448. The molecule has 0 bridgehead atoms. The molecule has 0 rings (SSSR count). The maximum absolute atomic E-state index is 8.74. The molecule has 0 aromatic heterocycles. The topological polar surface area (TPSA) is 201 Å². The fraction of sp³-hybridized carbons (Fsp3) is 0. The van der Waals surface area contributed by atoms with Crippen LogP contribution in [0.5, 0.6) is 0 Å². The summed E-state index contributed by atoms with van der Waals surface area (Å²) in [7, 11) is -4.67. The van der Waals surface area contributed by atoms with Crippen LogP contribution < -0.4 is 68.9 Å². The molecule has 0 amide bonds. The van der Waals surface area contributed by atoms with Crippen molar-refractivity contribution in [2.75, 3.05) is 0 Å². The van der Waals surface area contributed by atoms with Crippen molar-refractivity contribution in [3.63, 3.8) is 0 Å². The van der Waals surface area contributed by atoms with E-state index >= 15 is 0 Å². The van der Waals surface area contributed by atoms with Crippen LogP contribution in [0.3, 0.4) is 0 Å². The Morgan fingerprint density at radius 1 is 0.909 bits per heavy atom. The maximum Gasteiger partial charge on any atom is 1.00 e. The van der Waals surface area contributed by atoms with E-state index in [2.05, 4.69) is 0 Å². The van der Waals surface area contributed by atoms with Crippen LogP contribution in [0.1, 0.15) is 1.43 Å². The summed E-state index contributed by atoms with van der Waals surface area (Å²) in [6, 6.07) is 0. The Balaban J connectivity index is -0.00000000381. The maximum atomic E-state index is 8.74. The molecule has 0 aliphatic heterocycles. The largest absolute Gasteiger partial charge is 1.00 e. The molecule has 0 heterocycles. The summed E-state index contributed by atoms with van der Waals surface area (Å²) in [6.07, 6.45) is 0. The van der Waals surface area contributed by atoms with Crippen LogP contribution >= 0.6 is 0 Å². The molecule has 11 heteroatoms. The van der Waals surface area contributed by atoms with Crippen molar-refractivity contribution in [1.82, 2.24) is 0 Å². The van der Waals surface area contributed by atoms with Crippen molar-refractivity contribution >= 4 is 10.4 Å². The fourth-order valence-corrected chi connectivity index (χ4v) is 0. The summed E-state index contributed by atoms with van der Waals surface area (Å²) >= 11 is 0. The Labute approximate surface area is 149 Å². The zero-order valence-electron chi connectivity index (χ0n) is 6.70. The van der Waals surface area contributed by atoms with Gasteiger partial charge in [-0.2, -0.15) is 8.42 Å². The third-order valence-corrected chi connectivity index (χ3v) is 0. The molecule has 1 radical (unpaired) electrons. The molecule has 0 aliphatic carbocycles. The van der Waals surface area contributed by atoms with Crippen LogP contribution in [-0.4, -0.2) is 39.4 Å². The number of hydrogen-bond acceptors (Lipinski definition) is 2. The second-order valence-corrected chi connectivity index (χ2v) is 1.34. The molecule has 0 saturated carbocycles. The van der Waals surface area contributed by atoms with Crippen molar-refractivity contribution in [2.24, 2.45) is 0 Å². The minimum atomic E-state index is -4.67. The van der Waals surface area contributed by atoms with Crippen molar-refractivity contribution in [3.8, 4) is 0 Å². The van der Waals surface area contributed by atoms with E-state index in [-0.39, 0.29) is 125 Å². The predicted octanol–water partition coefficient (Wildman–Crippen LogP) is -6.84. The van der Waals surface area contributed by atoms with Crippen molar-refractivity contribution in [3.05, 3.63) is 0 Å². The number of rotatable bonds is 0. The van der Waals surface area contributed by atoms with Crippen molar-refractivity contribution < 1.29 is 142 Å². The predicted molar refractivity (Wildman–Crippen MR) is 29.7 cm³/mol. The monoisotopic (exact) mass is 393 g/mol. The zero-order chi connectivity index (χ0) is 4.50. The first-order valence-electron chi connectivity index (χ1n) is 0.698. The summed E-state index contributed by atoms with van der Waals surface area (Å²) in [6.45, 7) is 0. The minimum Gasteiger partial charge on any atom is -1.00 e. The molecule has 0 saturated heterocycles. The summed E-state index contributed by atoms with van der Waals surface area (Å²) in [5, 5.41) is 0. The van der Waals surface area contributed by atoms with E-state index in [9.17, 15) is 0 Å². The Hall–Kier alpha value is 2.87. The van der Waals surface area contributed by atoms with Gasteiger partial charge in [-0.3, -0.25) is 9.11 Å². The molecule has 0 aromatic rings. The Morgan fingerprint density at radius 3 is 0.909 bits per heavy atom. The molecule has 10 N–H and O–H groups in total. The molecule has 69 valence electrons. The van der Waals surface area contributed by atoms with Crippen LogP contribution in [0, 0.1) is 0 Å². The van der Waals surface area contributed by atoms with Gasteiger partial charge in [0.1, 0.15) is 0 Å². The first kappa shape index (κ1) is 48.7. The summed E-state index contributed by atoms with van der Waals surface area (Å²) < 4.78 is 31.6. The Bertz CT molecular complexity index is 102. The normalized spacial score (nSPS) is 5.27. The molecule has 0 aromatic carbocycles. The van der Waals surface area contributed by atoms with E-state index < -0.39 is 10.4 Å². The van der Waals surface area contributed by atoms with Gasteiger partial charge in [0.15, 0.2) is 0 Å². The molecule has 8 nitrogen and oxygen atoms in total. The molecule has 0 unspecified atom stereocenters. The summed E-state index contributed by atoms with van der Waals surface area (Å²) in [4.78, 5) is 0. The van der Waals surface area contributed by atoms with E-state index in [0.29, 0.717) is 0 Å². The van der Waals surface area contributed by atoms with Crippen LogP contribution in [0.4, 0.5) is 0 Å². The molecular formula is H11CsO8SY. The van der Waals surface area contributed by atoms with Gasteiger partial charge >= 0.3 is 79.3 Å². The van der Waals surface area contributed by atoms with Crippen LogP contribution in [0.25, 0.3) is 0 Å². The zero-order valence-corrected chi connectivity index (χ0v) is 15.6. The minimum absolute atomic E-state index is 0. The molecule has 11 heavy (non-hydrogen) atoms. The van der Waals surface area contributed by atoms with E-state index in [4.69, 9.17) is 17.5 Å². The van der Waals surface area contributed by atoms with Crippen molar-refractivity contribution in [1.29, 1.82) is 0 Å². The van der Waals surface area contributed by atoms with Gasteiger partial charge in [0.2, 0.25) is 0 Å². The average Bonchev–Trinajstić information content (AvgIpc) is 0.722. The quantitative estimate of drug-likeness (QED) is 0.386. The summed E-state index contributed by atoms with van der Waals surface area (Å²) in [5.74, 6) is 0. The third kappa shape index (κ3) is 185. The Morgan fingerprint density at radius 2 is 0.909 bits per heavy atom. The second kappa shape index (κ2) is 23.0. The third-order valence-electron chi connectivity index (χ3n) is 0. The first-order valence-corrected chi connectivity index (χ1v) is 2.10. The molecular weight excluding hydrogens is 382 g/mol. The van der Waals surface area contributed by atoms with E-state index in [1.54, 1.807) is 0 Å². The average molecular weight is 393 g/mol. The molecule has 0 fully saturated rings. The van der Waals surface area contributed by atoms with Gasteiger partial charge in [-0.1, -0.05) is 0 Å². The van der Waals surface area contributed by atoms with E-state index in [1.807, 2.05) is 0 Å². The van der Waals surface area contributed by atoms with Crippen molar-refractivity contribution in [2.45, 2.75) is 0 Å². The van der Waals surface area contributed by atoms with Crippen LogP contribution in [0.15, 0.2) is 0 Å². The van der Waals surface area contributed by atoms with Gasteiger partial charge in [0.25, 0.3) is 0 Å². The standard InChI is InChI=1S/Cs.H2O4S.4H2O.Y.H/c;1-5(2,3)4;;;;;;/h;(H2,1,2,3,4);4*1H2;;/q+1;;;;;;;-1. The SMILES string of the molecule is O.O.O.O.O=S(=O)(O)O.[Cs+].[H-].[Y]. The number of hydrogen-bond donors (Lipinski definition) is 2. The fourth-order valence-electron chi connectivity index (χ4n) is 0. The Kier molecular flexibility index (Phi) is 102.